The van der Waals surface area contributed by atoms with Crippen molar-refractivity contribution in [2.45, 2.75) is 11.1 Å². The van der Waals surface area contributed by atoms with Crippen molar-refractivity contribution in [2.75, 3.05) is 11.4 Å². The summed E-state index contributed by atoms with van der Waals surface area (Å²) in [6, 6.07) is 15.9. The Morgan fingerprint density at radius 2 is 1.62 bits per heavy atom. The predicted molar refractivity (Wildman–Crippen MR) is 145 cm³/mol. The van der Waals surface area contributed by atoms with Gasteiger partial charge in [-0.25, -0.2) is 26.3 Å². The highest BCUT2D eigenvalue weighted by Gasteiger charge is 2.38. The third-order valence-corrected chi connectivity index (χ3v) is 7.88. The average Bonchev–Trinajstić information content (AvgIpc) is 3.46. The monoisotopic (exact) mass is 623 g/mol. The van der Waals surface area contributed by atoms with E-state index in [4.69, 9.17) is 14.6 Å². The zero-order chi connectivity index (χ0) is 30.7. The molecule has 5 aromatic rings. The number of pyridine rings is 1. The van der Waals surface area contributed by atoms with Crippen LogP contribution in [0.4, 0.5) is 33.5 Å². The molecule has 0 atom stereocenters. The van der Waals surface area contributed by atoms with Gasteiger partial charge in [0.2, 0.25) is 0 Å². The highest BCUT2D eigenvalue weighted by atomic mass is 32.2. The second-order valence-electron chi connectivity index (χ2n) is 8.36. The van der Waals surface area contributed by atoms with E-state index in [1.165, 1.54) is 37.4 Å². The van der Waals surface area contributed by atoms with Crippen molar-refractivity contribution in [3.05, 3.63) is 96.1 Å². The number of carboxylic acid groups (broad SMARTS) is 1. The third-order valence-electron chi connectivity index (χ3n) is 5.62. The first-order valence-corrected chi connectivity index (χ1v) is 13.8. The number of alkyl halides is 3. The lowest BCUT2D eigenvalue weighted by atomic mass is 10.0. The molecule has 42 heavy (non-hydrogen) atoms. The minimum atomic E-state index is -5.08. The number of benzene rings is 3. The molecule has 2 aromatic heterocycles. The maximum Gasteiger partial charge on any atom is 0.490 e. The van der Waals surface area contributed by atoms with E-state index in [-0.39, 0.29) is 22.2 Å². The van der Waals surface area contributed by atoms with Crippen molar-refractivity contribution >= 4 is 49.8 Å². The first-order valence-electron chi connectivity index (χ1n) is 11.6. The lowest BCUT2D eigenvalue weighted by Crippen LogP contribution is -2.27. The summed E-state index contributed by atoms with van der Waals surface area (Å²) in [6.07, 6.45) is -1.84. The molecule has 8 nitrogen and oxygen atoms in total. The molecule has 0 radical (unpaired) electrons. The number of hydrogen-bond acceptors (Lipinski definition) is 7. The summed E-state index contributed by atoms with van der Waals surface area (Å²) >= 11 is 1.10. The van der Waals surface area contributed by atoms with E-state index in [1.807, 2.05) is 0 Å². The fourth-order valence-corrected chi connectivity index (χ4v) is 5.79. The summed E-state index contributed by atoms with van der Waals surface area (Å²) in [7, 11) is -2.74. The van der Waals surface area contributed by atoms with Crippen LogP contribution in [0.2, 0.25) is 0 Å². The maximum atomic E-state index is 13.9. The van der Waals surface area contributed by atoms with Crippen molar-refractivity contribution < 1.29 is 45.0 Å². The number of aliphatic carboxylic acids is 1. The van der Waals surface area contributed by atoms with Gasteiger partial charge in [-0.1, -0.05) is 12.1 Å². The fraction of sp³-hybridized carbons (Fsp3) is 0.0741. The first-order chi connectivity index (χ1) is 19.8. The molecule has 2 heterocycles. The Balaban J connectivity index is 0.000000517. The van der Waals surface area contributed by atoms with Gasteiger partial charge >= 0.3 is 12.1 Å². The Hall–Kier alpha value is -4.63. The largest absolute Gasteiger partial charge is 0.495 e. The van der Waals surface area contributed by atoms with Gasteiger partial charge in [0.15, 0.2) is 5.82 Å². The molecule has 0 aliphatic carbocycles. The highest BCUT2D eigenvalue weighted by Crippen LogP contribution is 2.40. The van der Waals surface area contributed by atoms with Crippen LogP contribution < -0.4 is 9.04 Å². The second kappa shape index (κ2) is 12.1. The summed E-state index contributed by atoms with van der Waals surface area (Å²) in [5.41, 5.74) is 0.949. The molecule has 0 amide bonds. The Kier molecular flexibility index (Phi) is 8.72. The number of fused-ring (bicyclic) bond motifs is 1. The molecule has 218 valence electrons. The Morgan fingerprint density at radius 3 is 2.21 bits per heavy atom. The minimum absolute atomic E-state index is 0.0579. The van der Waals surface area contributed by atoms with Crippen LogP contribution in [0.15, 0.2) is 89.4 Å². The van der Waals surface area contributed by atoms with Crippen LogP contribution in [0.3, 0.4) is 0 Å². The summed E-state index contributed by atoms with van der Waals surface area (Å²) in [6.45, 7) is 0. The van der Waals surface area contributed by atoms with Gasteiger partial charge in [0, 0.05) is 29.2 Å². The number of anilines is 2. The molecule has 0 fully saturated rings. The van der Waals surface area contributed by atoms with Gasteiger partial charge in [-0.05, 0) is 76.6 Å². The molecule has 0 aliphatic heterocycles. The van der Waals surface area contributed by atoms with E-state index in [0.717, 1.165) is 32.7 Å². The van der Waals surface area contributed by atoms with Crippen molar-refractivity contribution in [1.82, 2.24) is 9.36 Å². The van der Waals surface area contributed by atoms with Crippen LogP contribution in [0, 0.1) is 11.6 Å². The van der Waals surface area contributed by atoms with E-state index in [0.29, 0.717) is 11.1 Å². The van der Waals surface area contributed by atoms with Crippen molar-refractivity contribution in [2.24, 2.45) is 0 Å². The maximum absolute atomic E-state index is 13.9. The number of ether oxygens (including phenoxy) is 1. The number of nitrogens with zero attached hydrogens (tertiary/aromatic N) is 3. The molecule has 0 saturated heterocycles. The first kappa shape index (κ1) is 30.3. The molecular formula is C27H18F5N3O5S2. The number of carbonyl (C=O) groups is 1. The standard InChI is InChI=1S/C25H17F2N3O3S2.C2HF3O2/c1-33-24-13-16(19-10-20(26)14-21(27)11-19)3-5-23(24)30(25-7-9-34-29-25)35(31,32)22-4-2-18-15-28-8-6-17(18)12-22;3-2(4,5)1(6)7/h2-15H,1H3;(H,6,7). The number of carboxylic acids is 1. The smallest absolute Gasteiger partial charge is 0.490 e. The average molecular weight is 624 g/mol. The van der Waals surface area contributed by atoms with E-state index in [9.17, 15) is 30.4 Å². The van der Waals surface area contributed by atoms with Gasteiger partial charge in [0.1, 0.15) is 23.1 Å². The molecule has 15 heteroatoms. The van der Waals surface area contributed by atoms with E-state index in [1.54, 1.807) is 48.1 Å². The molecule has 0 spiro atoms. The number of rotatable bonds is 6. The lowest BCUT2D eigenvalue weighted by molar-refractivity contribution is -0.192. The van der Waals surface area contributed by atoms with Gasteiger partial charge in [-0.15, -0.1) is 0 Å². The molecule has 0 saturated carbocycles. The van der Waals surface area contributed by atoms with Crippen LogP contribution >= 0.6 is 11.5 Å². The highest BCUT2D eigenvalue weighted by molar-refractivity contribution is 7.93. The second-order valence-corrected chi connectivity index (χ2v) is 10.8. The van der Waals surface area contributed by atoms with Crippen molar-refractivity contribution in [3.63, 3.8) is 0 Å². The summed E-state index contributed by atoms with van der Waals surface area (Å²) < 4.78 is 98.0. The third kappa shape index (κ3) is 6.63. The van der Waals surface area contributed by atoms with Crippen molar-refractivity contribution in [1.29, 1.82) is 0 Å². The molecule has 3 aromatic carbocycles. The van der Waals surface area contributed by atoms with E-state index >= 15 is 0 Å². The van der Waals surface area contributed by atoms with Crippen molar-refractivity contribution in [3.8, 4) is 16.9 Å². The van der Waals surface area contributed by atoms with Gasteiger partial charge in [-0.2, -0.15) is 17.5 Å². The number of halogens is 5. The normalized spacial score (nSPS) is 11.5. The molecule has 0 aliphatic rings. The number of aromatic nitrogens is 2. The number of hydrogen-bond donors (Lipinski definition) is 1. The van der Waals surface area contributed by atoms with Gasteiger partial charge < -0.3 is 9.84 Å². The fourth-order valence-electron chi connectivity index (χ4n) is 3.76. The van der Waals surface area contributed by atoms with Crippen LogP contribution in [0.1, 0.15) is 0 Å². The quantitative estimate of drug-likeness (QED) is 0.207. The van der Waals surface area contributed by atoms with Crippen LogP contribution in [0.5, 0.6) is 5.75 Å². The molecule has 0 bridgehead atoms. The molecule has 0 unspecified atom stereocenters. The summed E-state index contributed by atoms with van der Waals surface area (Å²) in [5.74, 6) is -3.82. The van der Waals surface area contributed by atoms with E-state index < -0.39 is 33.8 Å². The molecular weight excluding hydrogens is 605 g/mol. The predicted octanol–water partition coefficient (Wildman–Crippen LogP) is 6.81. The van der Waals surface area contributed by atoms with Crippen LogP contribution in [-0.2, 0) is 14.8 Å². The zero-order valence-corrected chi connectivity index (χ0v) is 22.8. The summed E-state index contributed by atoms with van der Waals surface area (Å²) in [5, 5.41) is 10.3. The number of methoxy groups -OCH3 is 1. The van der Waals surface area contributed by atoms with Gasteiger partial charge in [0.05, 0.1) is 12.0 Å². The van der Waals surface area contributed by atoms with Crippen LogP contribution in [0.25, 0.3) is 21.9 Å². The van der Waals surface area contributed by atoms with E-state index in [2.05, 4.69) is 9.36 Å². The van der Waals surface area contributed by atoms with Crippen LogP contribution in [-0.4, -0.2) is 42.1 Å². The minimum Gasteiger partial charge on any atom is -0.495 e. The van der Waals surface area contributed by atoms with Gasteiger partial charge in [-0.3, -0.25) is 4.98 Å². The summed E-state index contributed by atoms with van der Waals surface area (Å²) in [4.78, 5) is 13.0. The SMILES string of the molecule is COc1cc(-c2cc(F)cc(F)c2)ccc1N(c1ccsn1)S(=O)(=O)c1ccc2cnccc2c1.O=C(O)C(F)(F)F. The topological polar surface area (TPSA) is 110 Å². The van der Waals surface area contributed by atoms with Gasteiger partial charge in [0.25, 0.3) is 10.0 Å². The Morgan fingerprint density at radius 1 is 0.929 bits per heavy atom. The Labute approximate surface area is 239 Å². The Bertz CT molecular complexity index is 1830. The molecule has 5 rings (SSSR count). The number of sulfonamides is 1. The molecule has 1 N–H and O–H groups in total. The zero-order valence-electron chi connectivity index (χ0n) is 21.2. The lowest BCUT2D eigenvalue weighted by Gasteiger charge is -2.24.